The Kier molecular flexibility index (Phi) is 3.72. The molecule has 0 saturated carbocycles. The molecule has 1 aromatic carbocycles. The lowest BCUT2D eigenvalue weighted by Crippen LogP contribution is -2.22. The minimum atomic E-state index is -0.156. The van der Waals surface area contributed by atoms with Gasteiger partial charge >= 0.3 is 0 Å². The number of carbonyl (C=O) groups excluding carboxylic acids is 1. The van der Waals surface area contributed by atoms with Crippen LogP contribution in [0.5, 0.6) is 0 Å². The maximum absolute atomic E-state index is 12.0. The maximum Gasteiger partial charge on any atom is 0.250 e. The summed E-state index contributed by atoms with van der Waals surface area (Å²) in [5.41, 5.74) is 1.68. The molecule has 0 aliphatic carbocycles. The van der Waals surface area contributed by atoms with Crippen LogP contribution in [0.15, 0.2) is 53.5 Å². The Morgan fingerprint density at radius 1 is 1.11 bits per heavy atom. The van der Waals surface area contributed by atoms with E-state index in [4.69, 9.17) is 0 Å². The minimum Gasteiger partial charge on any atom is -0.308 e. The lowest BCUT2D eigenvalue weighted by molar-refractivity contribution is 0.0971. The van der Waals surface area contributed by atoms with Gasteiger partial charge in [-0.05, 0) is 18.1 Å². The van der Waals surface area contributed by atoms with Crippen LogP contribution in [0.2, 0.25) is 0 Å². The van der Waals surface area contributed by atoms with E-state index in [0.717, 1.165) is 6.42 Å². The summed E-state index contributed by atoms with van der Waals surface area (Å²) < 4.78 is 1.41. The molecule has 2 aromatic rings. The highest BCUT2D eigenvalue weighted by molar-refractivity contribution is 5.95. The molecule has 0 saturated heterocycles. The van der Waals surface area contributed by atoms with E-state index in [2.05, 4.69) is 6.92 Å². The van der Waals surface area contributed by atoms with Crippen molar-refractivity contribution in [3.8, 4) is 0 Å². The molecule has 18 heavy (non-hydrogen) atoms. The maximum atomic E-state index is 12.0. The SMILES string of the molecule is CCc1ccc(C(=O)Cn2ccccc2=O)cc1. The smallest absolute Gasteiger partial charge is 0.250 e. The number of rotatable bonds is 4. The Labute approximate surface area is 106 Å². The van der Waals surface area contributed by atoms with Crippen molar-refractivity contribution >= 4 is 5.78 Å². The highest BCUT2D eigenvalue weighted by Gasteiger charge is 2.07. The van der Waals surface area contributed by atoms with E-state index in [-0.39, 0.29) is 17.9 Å². The molecule has 3 nitrogen and oxygen atoms in total. The van der Waals surface area contributed by atoms with Gasteiger partial charge in [0, 0.05) is 17.8 Å². The second kappa shape index (κ2) is 5.45. The third-order valence-corrected chi connectivity index (χ3v) is 2.90. The predicted octanol–water partition coefficient (Wildman–Crippen LogP) is 2.29. The van der Waals surface area contributed by atoms with Gasteiger partial charge in [-0.3, -0.25) is 9.59 Å². The van der Waals surface area contributed by atoms with Crippen LogP contribution in [0, 0.1) is 0 Å². The predicted molar refractivity (Wildman–Crippen MR) is 70.9 cm³/mol. The number of Topliss-reactive ketones (excluding diaryl/α,β-unsaturated/α-hetero) is 1. The Morgan fingerprint density at radius 3 is 2.44 bits per heavy atom. The first-order valence-electron chi connectivity index (χ1n) is 5.98. The molecule has 0 aliphatic heterocycles. The summed E-state index contributed by atoms with van der Waals surface area (Å²) in [6.45, 7) is 2.16. The molecule has 0 N–H and O–H groups in total. The van der Waals surface area contributed by atoms with Crippen molar-refractivity contribution in [1.82, 2.24) is 4.57 Å². The second-order valence-corrected chi connectivity index (χ2v) is 4.14. The number of pyridine rings is 1. The molecule has 1 aromatic heterocycles. The van der Waals surface area contributed by atoms with Gasteiger partial charge in [0.05, 0.1) is 6.54 Å². The normalized spacial score (nSPS) is 10.3. The van der Waals surface area contributed by atoms with Crippen LogP contribution in [0.25, 0.3) is 0 Å². The number of benzene rings is 1. The largest absolute Gasteiger partial charge is 0.308 e. The lowest BCUT2D eigenvalue weighted by Gasteiger charge is -2.05. The molecule has 92 valence electrons. The molecule has 0 radical (unpaired) electrons. The van der Waals surface area contributed by atoms with Gasteiger partial charge < -0.3 is 4.57 Å². The fourth-order valence-corrected chi connectivity index (χ4v) is 1.76. The molecule has 1 heterocycles. The van der Waals surface area contributed by atoms with Gasteiger partial charge in [-0.1, -0.05) is 37.3 Å². The van der Waals surface area contributed by atoms with Crippen LogP contribution < -0.4 is 5.56 Å². The molecule has 0 fully saturated rings. The molecular weight excluding hydrogens is 226 g/mol. The fourth-order valence-electron chi connectivity index (χ4n) is 1.76. The van der Waals surface area contributed by atoms with Gasteiger partial charge in [0.15, 0.2) is 5.78 Å². The summed E-state index contributed by atoms with van der Waals surface area (Å²) in [7, 11) is 0. The van der Waals surface area contributed by atoms with Gasteiger partial charge in [-0.15, -0.1) is 0 Å². The zero-order valence-corrected chi connectivity index (χ0v) is 10.3. The molecule has 2 rings (SSSR count). The van der Waals surface area contributed by atoms with Gasteiger partial charge in [-0.25, -0.2) is 0 Å². The molecular formula is C15H15NO2. The molecule has 0 aliphatic rings. The number of hydrogen-bond donors (Lipinski definition) is 0. The fraction of sp³-hybridized carbons (Fsp3) is 0.200. The molecule has 0 spiro atoms. The average Bonchev–Trinajstić information content (AvgIpc) is 2.41. The summed E-state index contributed by atoms with van der Waals surface area (Å²) in [5.74, 6) is -0.0500. The Hall–Kier alpha value is -2.16. The summed E-state index contributed by atoms with van der Waals surface area (Å²) >= 11 is 0. The van der Waals surface area contributed by atoms with Crippen molar-refractivity contribution in [2.75, 3.05) is 0 Å². The third-order valence-electron chi connectivity index (χ3n) is 2.90. The average molecular weight is 241 g/mol. The minimum absolute atomic E-state index is 0.0500. The Balaban J connectivity index is 2.17. The summed E-state index contributed by atoms with van der Waals surface area (Å²) in [5, 5.41) is 0. The van der Waals surface area contributed by atoms with E-state index in [1.54, 1.807) is 18.3 Å². The van der Waals surface area contributed by atoms with E-state index in [1.807, 2.05) is 24.3 Å². The number of carbonyl (C=O) groups is 1. The second-order valence-electron chi connectivity index (χ2n) is 4.14. The standard InChI is InChI=1S/C15H15NO2/c1-2-12-6-8-13(9-7-12)14(17)11-16-10-4-3-5-15(16)18/h3-10H,2,11H2,1H3. The first-order chi connectivity index (χ1) is 8.70. The summed E-state index contributed by atoms with van der Waals surface area (Å²) in [6.07, 6.45) is 2.58. The number of hydrogen-bond acceptors (Lipinski definition) is 2. The van der Waals surface area contributed by atoms with Gasteiger partial charge in [-0.2, -0.15) is 0 Å². The quantitative estimate of drug-likeness (QED) is 0.770. The van der Waals surface area contributed by atoms with Crippen LogP contribution in [-0.2, 0) is 13.0 Å². The van der Waals surface area contributed by atoms with Crippen molar-refractivity contribution in [1.29, 1.82) is 0 Å². The van der Waals surface area contributed by atoms with Crippen molar-refractivity contribution in [2.45, 2.75) is 19.9 Å². The van der Waals surface area contributed by atoms with Crippen LogP contribution >= 0.6 is 0 Å². The van der Waals surface area contributed by atoms with Crippen molar-refractivity contribution in [2.24, 2.45) is 0 Å². The zero-order chi connectivity index (χ0) is 13.0. The Morgan fingerprint density at radius 2 is 1.83 bits per heavy atom. The molecule has 0 unspecified atom stereocenters. The summed E-state index contributed by atoms with van der Waals surface area (Å²) in [6, 6.07) is 12.4. The monoisotopic (exact) mass is 241 g/mol. The van der Waals surface area contributed by atoms with Crippen molar-refractivity contribution < 1.29 is 4.79 Å². The van der Waals surface area contributed by atoms with E-state index in [0.29, 0.717) is 5.56 Å². The molecule has 0 bridgehead atoms. The van der Waals surface area contributed by atoms with E-state index in [9.17, 15) is 9.59 Å². The number of aromatic nitrogens is 1. The van der Waals surface area contributed by atoms with E-state index >= 15 is 0 Å². The molecule has 0 atom stereocenters. The number of nitrogens with zero attached hydrogens (tertiary/aromatic N) is 1. The van der Waals surface area contributed by atoms with Crippen molar-refractivity contribution in [3.05, 3.63) is 70.1 Å². The molecule has 0 amide bonds. The van der Waals surface area contributed by atoms with Gasteiger partial charge in [0.2, 0.25) is 0 Å². The van der Waals surface area contributed by atoms with Crippen LogP contribution in [0.1, 0.15) is 22.8 Å². The summed E-state index contributed by atoms with van der Waals surface area (Å²) in [4.78, 5) is 23.5. The highest BCUT2D eigenvalue weighted by Crippen LogP contribution is 2.06. The van der Waals surface area contributed by atoms with Gasteiger partial charge in [0.25, 0.3) is 5.56 Å². The first-order valence-corrected chi connectivity index (χ1v) is 5.98. The number of ketones is 1. The van der Waals surface area contributed by atoms with Gasteiger partial charge in [0.1, 0.15) is 0 Å². The van der Waals surface area contributed by atoms with E-state index in [1.165, 1.54) is 16.2 Å². The lowest BCUT2D eigenvalue weighted by atomic mass is 10.1. The molecule has 3 heteroatoms. The van der Waals surface area contributed by atoms with Crippen LogP contribution in [0.3, 0.4) is 0 Å². The Bertz CT molecular complexity index is 596. The first kappa shape index (κ1) is 12.3. The topological polar surface area (TPSA) is 39.1 Å². The van der Waals surface area contributed by atoms with Crippen LogP contribution in [-0.4, -0.2) is 10.4 Å². The third kappa shape index (κ3) is 2.74. The highest BCUT2D eigenvalue weighted by atomic mass is 16.1. The van der Waals surface area contributed by atoms with Crippen LogP contribution in [0.4, 0.5) is 0 Å². The van der Waals surface area contributed by atoms with E-state index < -0.39 is 0 Å². The zero-order valence-electron chi connectivity index (χ0n) is 10.3. The van der Waals surface area contributed by atoms with Crippen molar-refractivity contribution in [3.63, 3.8) is 0 Å². The number of aryl methyl sites for hydroxylation is 1.